The summed E-state index contributed by atoms with van der Waals surface area (Å²) in [5.74, 6) is 1.04. The molecular weight excluding hydrogens is 658 g/mol. The monoisotopic (exact) mass is 715 g/mol. The zero-order chi connectivity index (χ0) is 37.8. The minimum Gasteiger partial charge on any atom is -0.475 e. The summed E-state index contributed by atoms with van der Waals surface area (Å²) < 4.78 is 11.7. The van der Waals surface area contributed by atoms with Gasteiger partial charge in [0.1, 0.15) is 11.5 Å². The third-order valence-electron chi connectivity index (χ3n) is 9.25. The number of amidine groups is 1. The van der Waals surface area contributed by atoms with E-state index in [1.165, 1.54) is 7.05 Å². The number of nitrogens with zero attached hydrogens (tertiary/aromatic N) is 7. The summed E-state index contributed by atoms with van der Waals surface area (Å²) in [5.41, 5.74) is 14.0. The van der Waals surface area contributed by atoms with Crippen LogP contribution in [0.1, 0.15) is 52.4 Å². The molecule has 2 aromatic heterocycles. The lowest BCUT2D eigenvalue weighted by Crippen LogP contribution is -2.52. The molecule has 2 atom stereocenters. The third kappa shape index (κ3) is 10.2. The molecule has 0 bridgehead atoms. The summed E-state index contributed by atoms with van der Waals surface area (Å²) in [5, 5.41) is 16.6. The Hall–Kier alpha value is -4.76. The fourth-order valence-electron chi connectivity index (χ4n) is 6.39. The summed E-state index contributed by atoms with van der Waals surface area (Å²) in [6, 6.07) is 15.2. The Morgan fingerprint density at radius 1 is 1.08 bits per heavy atom. The number of aromatic nitrogens is 2. The van der Waals surface area contributed by atoms with Crippen LogP contribution >= 0.6 is 0 Å². The molecule has 3 aromatic rings. The number of nitrogens with two attached hydrogens (primary N) is 2. The summed E-state index contributed by atoms with van der Waals surface area (Å²) in [4.78, 5) is 35.1. The van der Waals surface area contributed by atoms with Crippen molar-refractivity contribution in [1.29, 1.82) is 10.8 Å². The van der Waals surface area contributed by atoms with Crippen LogP contribution in [0, 0.1) is 16.7 Å². The van der Waals surface area contributed by atoms with E-state index >= 15 is 0 Å². The van der Waals surface area contributed by atoms with Crippen LogP contribution in [0.3, 0.4) is 0 Å². The summed E-state index contributed by atoms with van der Waals surface area (Å²) >= 11 is 0. The van der Waals surface area contributed by atoms with Gasteiger partial charge in [-0.1, -0.05) is 0 Å². The number of nitrogen functional groups attached to an aromatic ring is 1. The van der Waals surface area contributed by atoms with Crippen molar-refractivity contribution in [2.75, 3.05) is 81.7 Å². The number of amides is 1. The minimum absolute atomic E-state index is 0. The van der Waals surface area contributed by atoms with E-state index in [2.05, 4.69) is 44.1 Å². The van der Waals surface area contributed by atoms with Gasteiger partial charge in [-0.3, -0.25) is 25.4 Å². The van der Waals surface area contributed by atoms with E-state index in [4.69, 9.17) is 31.0 Å². The highest BCUT2D eigenvalue weighted by atomic mass is 16.5. The third-order valence-corrected chi connectivity index (χ3v) is 9.25. The Bertz CT molecular complexity index is 1660. The van der Waals surface area contributed by atoms with E-state index in [9.17, 15) is 4.79 Å². The molecule has 0 aliphatic carbocycles. The quantitative estimate of drug-likeness (QED) is 0.108. The zero-order valence-electron chi connectivity index (χ0n) is 31.2. The van der Waals surface area contributed by atoms with Gasteiger partial charge in [0.15, 0.2) is 5.84 Å². The van der Waals surface area contributed by atoms with Crippen LogP contribution in [0.4, 0.5) is 17.2 Å². The molecule has 1 aromatic carbocycles. The van der Waals surface area contributed by atoms with Crippen molar-refractivity contribution in [3.8, 4) is 5.88 Å². The van der Waals surface area contributed by atoms with E-state index in [1.54, 1.807) is 35.4 Å². The largest absolute Gasteiger partial charge is 0.475 e. The molecule has 0 spiro atoms. The predicted octanol–water partition coefficient (Wildman–Crippen LogP) is 3.97. The number of nitrogens with one attached hydrogen (secondary N) is 2. The molecule has 2 fully saturated rings. The number of carbonyl (C=O) groups is 1. The van der Waals surface area contributed by atoms with Gasteiger partial charge >= 0.3 is 0 Å². The second kappa shape index (κ2) is 19.2. The van der Waals surface area contributed by atoms with Gasteiger partial charge in [0, 0.05) is 75.8 Å². The highest BCUT2D eigenvalue weighted by Gasteiger charge is 2.32. The van der Waals surface area contributed by atoms with Crippen LogP contribution in [-0.2, 0) is 9.53 Å². The van der Waals surface area contributed by atoms with Crippen LogP contribution < -0.4 is 26.0 Å². The highest BCUT2D eigenvalue weighted by molar-refractivity contribution is 6.12. The van der Waals surface area contributed by atoms with Crippen molar-refractivity contribution in [3.05, 3.63) is 71.5 Å². The number of carbonyl (C=O) groups excluding carboxylic acids is 1. The van der Waals surface area contributed by atoms with Gasteiger partial charge in [0.05, 0.1) is 36.8 Å². The fraction of sp³-hybridized carbons (Fsp3) is 0.474. The Morgan fingerprint density at radius 3 is 2.44 bits per heavy atom. The maximum atomic E-state index is 13.7. The molecule has 6 N–H and O–H groups in total. The number of likely N-dealkylation sites (tertiary alicyclic amines) is 1. The molecule has 5 rings (SSSR count). The number of piperazine rings is 1. The van der Waals surface area contributed by atoms with Crippen LogP contribution in [-0.4, -0.2) is 122 Å². The number of rotatable bonds is 14. The van der Waals surface area contributed by atoms with Crippen LogP contribution in [0.25, 0.3) is 0 Å². The van der Waals surface area contributed by atoms with Gasteiger partial charge < -0.3 is 30.7 Å². The predicted molar refractivity (Wildman–Crippen MR) is 211 cm³/mol. The van der Waals surface area contributed by atoms with Gasteiger partial charge in [-0.15, -0.1) is 0 Å². The topological polar surface area (TPSA) is 186 Å². The number of aliphatic imine (C=N–C) groups is 1. The Labute approximate surface area is 309 Å². The first kappa shape index (κ1) is 40.0. The molecule has 2 aliphatic heterocycles. The molecule has 1 amide bonds. The van der Waals surface area contributed by atoms with Gasteiger partial charge in [-0.25, -0.2) is 15.0 Å². The lowest BCUT2D eigenvalue weighted by Gasteiger charge is -2.40. The van der Waals surface area contributed by atoms with Crippen LogP contribution in [0.2, 0.25) is 0 Å². The second-order valence-corrected chi connectivity index (χ2v) is 13.1. The van der Waals surface area contributed by atoms with Crippen LogP contribution in [0.5, 0.6) is 5.88 Å². The normalized spacial score (nSPS) is 17.7. The maximum Gasteiger partial charge on any atom is 0.232 e. The molecule has 2 aliphatic rings. The first-order chi connectivity index (χ1) is 25.1. The van der Waals surface area contributed by atoms with E-state index in [-0.39, 0.29) is 30.9 Å². The van der Waals surface area contributed by atoms with Crippen molar-refractivity contribution in [2.45, 2.75) is 46.3 Å². The van der Waals surface area contributed by atoms with Crippen molar-refractivity contribution >= 4 is 41.4 Å². The highest BCUT2D eigenvalue weighted by Crippen LogP contribution is 2.25. The number of ether oxygens (including phenoxy) is 2. The summed E-state index contributed by atoms with van der Waals surface area (Å²) in [6.45, 7) is 18.0. The Morgan fingerprint density at radius 2 is 1.81 bits per heavy atom. The van der Waals surface area contributed by atoms with E-state index in [0.717, 1.165) is 50.4 Å². The minimum atomic E-state index is -0.143. The molecule has 0 radical (unpaired) electrons. The first-order valence-corrected chi connectivity index (χ1v) is 17.9. The number of benzene rings is 1. The number of anilines is 3. The fourth-order valence-corrected chi connectivity index (χ4v) is 6.39. The summed E-state index contributed by atoms with van der Waals surface area (Å²) in [6.07, 6.45) is 2.35. The number of pyridine rings is 2. The van der Waals surface area contributed by atoms with Crippen LogP contribution in [0.15, 0.2) is 59.7 Å². The van der Waals surface area contributed by atoms with E-state index < -0.39 is 0 Å². The first-order valence-electron chi connectivity index (χ1n) is 17.9. The summed E-state index contributed by atoms with van der Waals surface area (Å²) in [7, 11) is 1.50. The SMILES string of the molecule is C=NC(=N)c1ccc(N2CCN(COCCN3CC[C@@H](C(=O)N(CC)c4ccc(N)c(C(=N)c5ccc(OC(C)C)nc5)n4)C3)[C@@H](C)C2)cc1.CN.[HH]. The molecule has 2 saturated heterocycles. The molecule has 52 heavy (non-hydrogen) atoms. The lowest BCUT2D eigenvalue weighted by molar-refractivity contribution is -0.122. The smallest absolute Gasteiger partial charge is 0.232 e. The Kier molecular flexibility index (Phi) is 14.8. The number of hydrogen-bond donors (Lipinski definition) is 4. The van der Waals surface area contributed by atoms with E-state index in [0.29, 0.717) is 61.1 Å². The maximum absolute atomic E-state index is 13.7. The molecule has 0 unspecified atom stereocenters. The van der Waals surface area contributed by atoms with Crippen molar-refractivity contribution in [2.24, 2.45) is 16.6 Å². The molecule has 14 nitrogen and oxygen atoms in total. The molecule has 4 heterocycles. The standard InChI is InChI=1S/C37H50N10O3.CH5N.H2/c1-6-47(32-13-12-31(38)35(43-32)34(39)28-9-14-33(42-21-28)50-25(2)3)37(48)29-15-16-44(23-29)19-20-49-24-46-18-17-45(22-26(46)4)30-10-7-27(8-11-30)36(40)41-5;1-2;/h7-14,21,25-26,29,39-40H,5-6,15-20,22-24,38H2,1-4H3;2H2,1H3;1H/t26-,29+;;/m0../s1. The van der Waals surface area contributed by atoms with Gasteiger partial charge in [0.2, 0.25) is 11.8 Å². The van der Waals surface area contributed by atoms with Gasteiger partial charge in [-0.2, -0.15) is 0 Å². The van der Waals surface area contributed by atoms with Gasteiger partial charge in [0.25, 0.3) is 0 Å². The second-order valence-electron chi connectivity index (χ2n) is 13.1. The Balaban J connectivity index is 0.00000248. The molecule has 14 heteroatoms. The van der Waals surface area contributed by atoms with Crippen molar-refractivity contribution in [1.82, 2.24) is 19.8 Å². The average molecular weight is 716 g/mol. The lowest BCUT2D eigenvalue weighted by atomic mass is 10.1. The zero-order valence-corrected chi connectivity index (χ0v) is 31.2. The molecule has 0 saturated carbocycles. The average Bonchev–Trinajstić information content (AvgIpc) is 3.64. The molecule has 282 valence electrons. The molecular formula is C38H57N11O3. The van der Waals surface area contributed by atoms with Gasteiger partial charge in [-0.05, 0) is 96.9 Å². The van der Waals surface area contributed by atoms with Crippen molar-refractivity contribution in [3.63, 3.8) is 0 Å². The van der Waals surface area contributed by atoms with E-state index in [1.807, 2.05) is 45.0 Å². The van der Waals surface area contributed by atoms with Crippen molar-refractivity contribution < 1.29 is 15.7 Å². The number of hydrogen-bond acceptors (Lipinski definition) is 12.